The molecular formula is C16H21NO4S. The summed E-state index contributed by atoms with van der Waals surface area (Å²) in [4.78, 5) is 11.9. The fraction of sp³-hybridized carbons (Fsp3) is 0.562. The van der Waals surface area contributed by atoms with E-state index in [1.54, 1.807) is 28.6 Å². The highest BCUT2D eigenvalue weighted by Gasteiger charge is 2.46. The predicted molar refractivity (Wildman–Crippen MR) is 82.3 cm³/mol. The molecule has 0 N–H and O–H groups in total. The first-order valence-corrected chi connectivity index (χ1v) is 9.14. The number of fused-ring (bicyclic) bond motifs is 2. The second-order valence-corrected chi connectivity index (χ2v) is 8.15. The van der Waals surface area contributed by atoms with Crippen molar-refractivity contribution in [1.82, 2.24) is 4.31 Å². The average molecular weight is 323 g/mol. The molecule has 0 amide bonds. The minimum absolute atomic E-state index is 0.0476. The lowest BCUT2D eigenvalue weighted by atomic mass is 10.0. The van der Waals surface area contributed by atoms with Gasteiger partial charge >= 0.3 is 0 Å². The van der Waals surface area contributed by atoms with Crippen LogP contribution < -0.4 is 4.74 Å². The van der Waals surface area contributed by atoms with Gasteiger partial charge in [0.2, 0.25) is 10.0 Å². The number of carbonyl (C=O) groups excluding carboxylic acids is 1. The summed E-state index contributed by atoms with van der Waals surface area (Å²) in [7, 11) is -3.54. The van der Waals surface area contributed by atoms with Crippen LogP contribution in [0, 0.1) is 0 Å². The van der Waals surface area contributed by atoms with E-state index in [-0.39, 0.29) is 28.9 Å². The van der Waals surface area contributed by atoms with E-state index in [4.69, 9.17) is 4.74 Å². The lowest BCUT2D eigenvalue weighted by molar-refractivity contribution is -0.122. The largest absolute Gasteiger partial charge is 0.491 e. The number of Topliss-reactive ketones (excluding diaryl/α,β-unsaturated/α-hetero) is 1. The van der Waals surface area contributed by atoms with Crippen LogP contribution in [0.3, 0.4) is 0 Å². The Kier molecular flexibility index (Phi) is 3.99. The second-order valence-electron chi connectivity index (χ2n) is 6.30. The van der Waals surface area contributed by atoms with Gasteiger partial charge in [0.1, 0.15) is 11.5 Å². The molecule has 120 valence electrons. The Morgan fingerprint density at radius 2 is 1.64 bits per heavy atom. The maximum atomic E-state index is 12.9. The fourth-order valence-electron chi connectivity index (χ4n) is 3.41. The summed E-state index contributed by atoms with van der Waals surface area (Å²) in [6, 6.07) is 6.21. The van der Waals surface area contributed by atoms with Gasteiger partial charge in [-0.1, -0.05) is 0 Å². The van der Waals surface area contributed by atoms with Gasteiger partial charge in [0.15, 0.2) is 0 Å². The first-order chi connectivity index (χ1) is 10.4. The van der Waals surface area contributed by atoms with E-state index in [1.807, 2.05) is 13.8 Å². The molecule has 2 heterocycles. The SMILES string of the molecule is CC(C)Oc1ccc(S(=O)(=O)N2[C@H]3CC[C@H]2CC(=O)C3)cc1. The van der Waals surface area contributed by atoms with E-state index in [0.29, 0.717) is 18.6 Å². The van der Waals surface area contributed by atoms with Crippen LogP contribution in [0.5, 0.6) is 5.75 Å². The molecule has 5 nitrogen and oxygen atoms in total. The maximum absolute atomic E-state index is 12.9. The minimum Gasteiger partial charge on any atom is -0.491 e. The molecule has 2 aliphatic heterocycles. The standard InChI is InChI=1S/C16H21NO4S/c1-11(2)21-15-5-7-16(8-6-15)22(19,20)17-12-3-4-13(17)10-14(18)9-12/h5-8,11-13H,3-4,9-10H2,1-2H3/t12-,13-/m0/s1. The second kappa shape index (κ2) is 5.66. The van der Waals surface area contributed by atoms with Gasteiger partial charge in [-0.3, -0.25) is 4.79 Å². The van der Waals surface area contributed by atoms with Crippen LogP contribution in [0.4, 0.5) is 0 Å². The lowest BCUT2D eigenvalue weighted by Crippen LogP contribution is -2.46. The summed E-state index contributed by atoms with van der Waals surface area (Å²) in [5.74, 6) is 0.838. The van der Waals surface area contributed by atoms with Gasteiger partial charge in [0.05, 0.1) is 11.0 Å². The van der Waals surface area contributed by atoms with Gasteiger partial charge in [0.25, 0.3) is 0 Å². The quantitative estimate of drug-likeness (QED) is 0.853. The Bertz CT molecular complexity index is 650. The van der Waals surface area contributed by atoms with Gasteiger partial charge in [0, 0.05) is 24.9 Å². The lowest BCUT2D eigenvalue weighted by Gasteiger charge is -2.32. The van der Waals surface area contributed by atoms with Crippen LogP contribution in [-0.2, 0) is 14.8 Å². The molecule has 0 saturated carbocycles. The summed E-state index contributed by atoms with van der Waals surface area (Å²) in [6.07, 6.45) is 2.31. The molecule has 0 aliphatic carbocycles. The van der Waals surface area contributed by atoms with Crippen LogP contribution in [-0.4, -0.2) is 36.7 Å². The van der Waals surface area contributed by atoms with Crippen molar-refractivity contribution in [3.63, 3.8) is 0 Å². The van der Waals surface area contributed by atoms with E-state index in [1.165, 1.54) is 0 Å². The zero-order chi connectivity index (χ0) is 15.9. The van der Waals surface area contributed by atoms with E-state index >= 15 is 0 Å². The normalized spacial score (nSPS) is 25.7. The van der Waals surface area contributed by atoms with Crippen LogP contribution in [0.1, 0.15) is 39.5 Å². The maximum Gasteiger partial charge on any atom is 0.243 e. The Hall–Kier alpha value is -1.40. The average Bonchev–Trinajstić information content (AvgIpc) is 2.72. The summed E-state index contributed by atoms with van der Waals surface area (Å²) in [6.45, 7) is 3.85. The predicted octanol–water partition coefficient (Wildman–Crippen LogP) is 2.36. The molecule has 0 radical (unpaired) electrons. The number of sulfonamides is 1. The first-order valence-electron chi connectivity index (χ1n) is 7.70. The van der Waals surface area contributed by atoms with E-state index in [2.05, 4.69) is 0 Å². The third kappa shape index (κ3) is 2.77. The molecule has 3 rings (SSSR count). The minimum atomic E-state index is -3.54. The Balaban J connectivity index is 1.86. The van der Waals surface area contributed by atoms with Crippen LogP contribution in [0.15, 0.2) is 29.2 Å². The highest BCUT2D eigenvalue weighted by molar-refractivity contribution is 7.89. The molecule has 22 heavy (non-hydrogen) atoms. The highest BCUT2D eigenvalue weighted by atomic mass is 32.2. The molecule has 2 bridgehead atoms. The molecule has 2 saturated heterocycles. The molecule has 0 spiro atoms. The number of ketones is 1. The van der Waals surface area contributed by atoms with Crippen molar-refractivity contribution in [3.8, 4) is 5.75 Å². The van der Waals surface area contributed by atoms with Crippen molar-refractivity contribution in [2.24, 2.45) is 0 Å². The van der Waals surface area contributed by atoms with Crippen LogP contribution >= 0.6 is 0 Å². The first kappa shape index (κ1) is 15.5. The molecule has 1 aromatic rings. The number of rotatable bonds is 4. The number of carbonyl (C=O) groups is 1. The third-order valence-electron chi connectivity index (χ3n) is 4.25. The smallest absolute Gasteiger partial charge is 0.243 e. The Morgan fingerprint density at radius 3 is 2.14 bits per heavy atom. The van der Waals surface area contributed by atoms with Gasteiger partial charge in [-0.2, -0.15) is 4.31 Å². The van der Waals surface area contributed by atoms with Crippen molar-refractivity contribution in [2.45, 2.75) is 62.6 Å². The number of piperidine rings is 1. The van der Waals surface area contributed by atoms with Crippen LogP contribution in [0.25, 0.3) is 0 Å². The number of ether oxygens (including phenoxy) is 1. The van der Waals surface area contributed by atoms with Gasteiger partial charge in [-0.05, 0) is 51.0 Å². The molecule has 2 fully saturated rings. The fourth-order valence-corrected chi connectivity index (χ4v) is 5.28. The van der Waals surface area contributed by atoms with Gasteiger partial charge in [-0.15, -0.1) is 0 Å². The molecule has 6 heteroatoms. The topological polar surface area (TPSA) is 63.7 Å². The van der Waals surface area contributed by atoms with Gasteiger partial charge in [-0.25, -0.2) is 8.42 Å². The van der Waals surface area contributed by atoms with Crippen molar-refractivity contribution < 1.29 is 17.9 Å². The molecule has 2 aliphatic rings. The number of hydrogen-bond donors (Lipinski definition) is 0. The number of benzene rings is 1. The van der Waals surface area contributed by atoms with E-state index < -0.39 is 10.0 Å². The van der Waals surface area contributed by atoms with Crippen molar-refractivity contribution in [1.29, 1.82) is 0 Å². The van der Waals surface area contributed by atoms with Gasteiger partial charge < -0.3 is 4.74 Å². The zero-order valence-corrected chi connectivity index (χ0v) is 13.7. The molecule has 1 aromatic carbocycles. The summed E-state index contributed by atoms with van der Waals surface area (Å²) >= 11 is 0. The number of hydrogen-bond acceptors (Lipinski definition) is 4. The summed E-state index contributed by atoms with van der Waals surface area (Å²) in [5.41, 5.74) is 0. The molecular weight excluding hydrogens is 302 g/mol. The monoisotopic (exact) mass is 323 g/mol. The molecule has 0 aromatic heterocycles. The van der Waals surface area contributed by atoms with Crippen molar-refractivity contribution in [3.05, 3.63) is 24.3 Å². The zero-order valence-electron chi connectivity index (χ0n) is 12.9. The molecule has 2 atom stereocenters. The summed E-state index contributed by atoms with van der Waals surface area (Å²) in [5, 5.41) is 0. The van der Waals surface area contributed by atoms with Crippen molar-refractivity contribution in [2.75, 3.05) is 0 Å². The van der Waals surface area contributed by atoms with E-state index in [9.17, 15) is 13.2 Å². The highest BCUT2D eigenvalue weighted by Crippen LogP contribution is 2.38. The Morgan fingerprint density at radius 1 is 1.09 bits per heavy atom. The van der Waals surface area contributed by atoms with Crippen molar-refractivity contribution >= 4 is 15.8 Å². The van der Waals surface area contributed by atoms with Crippen LogP contribution in [0.2, 0.25) is 0 Å². The van der Waals surface area contributed by atoms with E-state index in [0.717, 1.165) is 12.8 Å². The number of nitrogens with zero attached hydrogens (tertiary/aromatic N) is 1. The summed E-state index contributed by atoms with van der Waals surface area (Å²) < 4.78 is 32.8. The third-order valence-corrected chi connectivity index (χ3v) is 6.27. The molecule has 0 unspecified atom stereocenters. The Labute approximate surface area is 131 Å².